The third-order valence-electron chi connectivity index (χ3n) is 4.08. The molecule has 0 bridgehead atoms. The maximum Gasteiger partial charge on any atom is 0.0243 e. The Morgan fingerprint density at radius 1 is 1.18 bits per heavy atom. The molecule has 0 saturated heterocycles. The summed E-state index contributed by atoms with van der Waals surface area (Å²) in [6, 6.07) is 1.54. The zero-order valence-corrected chi connectivity index (χ0v) is 12.5. The summed E-state index contributed by atoms with van der Waals surface area (Å²) in [5.41, 5.74) is 0. The highest BCUT2D eigenvalue weighted by atomic mass is 15.2. The van der Waals surface area contributed by atoms with Gasteiger partial charge in [0, 0.05) is 25.2 Å². The average Bonchev–Trinajstić information content (AvgIpc) is 3.10. The van der Waals surface area contributed by atoms with Crippen molar-refractivity contribution in [3.05, 3.63) is 0 Å². The third-order valence-corrected chi connectivity index (χ3v) is 4.08. The normalized spacial score (nSPS) is 19.9. The molecular formula is C15H32N2. The van der Waals surface area contributed by atoms with E-state index < -0.39 is 0 Å². The van der Waals surface area contributed by atoms with Gasteiger partial charge in [-0.1, -0.05) is 41.0 Å². The van der Waals surface area contributed by atoms with Crippen molar-refractivity contribution >= 4 is 0 Å². The molecule has 0 aromatic heterocycles. The van der Waals surface area contributed by atoms with Crippen molar-refractivity contribution in [2.24, 2.45) is 11.8 Å². The molecule has 0 radical (unpaired) electrons. The summed E-state index contributed by atoms with van der Waals surface area (Å²) < 4.78 is 0. The van der Waals surface area contributed by atoms with Crippen LogP contribution in [0.1, 0.15) is 53.9 Å². The van der Waals surface area contributed by atoms with Gasteiger partial charge in [0.05, 0.1) is 0 Å². The highest BCUT2D eigenvalue weighted by molar-refractivity contribution is 4.85. The Morgan fingerprint density at radius 3 is 2.24 bits per heavy atom. The van der Waals surface area contributed by atoms with Crippen molar-refractivity contribution in [1.29, 1.82) is 0 Å². The van der Waals surface area contributed by atoms with Gasteiger partial charge in [-0.3, -0.25) is 4.90 Å². The lowest BCUT2D eigenvalue weighted by Crippen LogP contribution is -2.47. The van der Waals surface area contributed by atoms with Crippen LogP contribution in [0.25, 0.3) is 0 Å². The van der Waals surface area contributed by atoms with E-state index in [1.165, 1.54) is 38.9 Å². The highest BCUT2D eigenvalue weighted by Gasteiger charge is 2.26. The van der Waals surface area contributed by atoms with Crippen molar-refractivity contribution in [2.75, 3.05) is 19.6 Å². The van der Waals surface area contributed by atoms with Gasteiger partial charge < -0.3 is 5.32 Å². The zero-order chi connectivity index (χ0) is 12.8. The van der Waals surface area contributed by atoms with E-state index >= 15 is 0 Å². The first-order valence-electron chi connectivity index (χ1n) is 7.55. The molecular weight excluding hydrogens is 208 g/mol. The van der Waals surface area contributed by atoms with Crippen LogP contribution >= 0.6 is 0 Å². The van der Waals surface area contributed by atoms with Crippen LogP contribution in [0.5, 0.6) is 0 Å². The summed E-state index contributed by atoms with van der Waals surface area (Å²) in [7, 11) is 0. The number of nitrogens with one attached hydrogen (secondary N) is 1. The molecule has 2 heteroatoms. The predicted molar refractivity (Wildman–Crippen MR) is 76.4 cm³/mol. The molecule has 2 nitrogen and oxygen atoms in total. The molecule has 0 aromatic rings. The van der Waals surface area contributed by atoms with Gasteiger partial charge in [0.2, 0.25) is 0 Å². The quantitative estimate of drug-likeness (QED) is 0.666. The van der Waals surface area contributed by atoms with Crippen LogP contribution in [0.4, 0.5) is 0 Å². The Morgan fingerprint density at radius 2 is 1.82 bits per heavy atom. The summed E-state index contributed by atoms with van der Waals surface area (Å²) in [6.07, 6.45) is 4.07. The fourth-order valence-corrected chi connectivity index (χ4v) is 2.39. The number of nitrogens with zero attached hydrogens (tertiary/aromatic N) is 1. The van der Waals surface area contributed by atoms with Crippen LogP contribution in [0.15, 0.2) is 0 Å². The molecule has 1 N–H and O–H groups in total. The van der Waals surface area contributed by atoms with Gasteiger partial charge in [0.15, 0.2) is 0 Å². The summed E-state index contributed by atoms with van der Waals surface area (Å²) in [5, 5.41) is 3.70. The summed E-state index contributed by atoms with van der Waals surface area (Å²) in [5.74, 6) is 1.56. The van der Waals surface area contributed by atoms with Crippen molar-refractivity contribution in [3.63, 3.8) is 0 Å². The molecule has 2 atom stereocenters. The van der Waals surface area contributed by atoms with Crippen molar-refractivity contribution in [3.8, 4) is 0 Å². The minimum Gasteiger partial charge on any atom is -0.312 e. The van der Waals surface area contributed by atoms with Crippen molar-refractivity contribution in [2.45, 2.75) is 66.0 Å². The molecule has 1 aliphatic rings. The smallest absolute Gasteiger partial charge is 0.0243 e. The van der Waals surface area contributed by atoms with E-state index in [-0.39, 0.29) is 0 Å². The van der Waals surface area contributed by atoms with Gasteiger partial charge in [-0.15, -0.1) is 0 Å². The minimum atomic E-state index is 0.703. The highest BCUT2D eigenvalue weighted by Crippen LogP contribution is 2.20. The predicted octanol–water partition coefficient (Wildman–Crippen LogP) is 3.13. The second-order valence-corrected chi connectivity index (χ2v) is 6.09. The summed E-state index contributed by atoms with van der Waals surface area (Å²) in [4.78, 5) is 2.67. The molecule has 1 fully saturated rings. The van der Waals surface area contributed by atoms with Crippen LogP contribution in [-0.2, 0) is 0 Å². The summed E-state index contributed by atoms with van der Waals surface area (Å²) >= 11 is 0. The zero-order valence-electron chi connectivity index (χ0n) is 12.5. The first-order chi connectivity index (χ1) is 8.08. The van der Waals surface area contributed by atoms with Gasteiger partial charge in [-0.25, -0.2) is 0 Å². The van der Waals surface area contributed by atoms with E-state index in [1.54, 1.807) is 0 Å². The van der Waals surface area contributed by atoms with Crippen LogP contribution in [-0.4, -0.2) is 36.6 Å². The van der Waals surface area contributed by atoms with E-state index in [2.05, 4.69) is 44.8 Å². The molecule has 0 amide bonds. The number of rotatable bonds is 9. The first kappa shape index (κ1) is 15.0. The SMILES string of the molecule is CCC(C)CN(CC)C(CNC1CC1)C(C)C. The van der Waals surface area contributed by atoms with Gasteiger partial charge in [0.25, 0.3) is 0 Å². The lowest BCUT2D eigenvalue weighted by atomic mass is 10.00. The third kappa shape index (κ3) is 5.39. The molecule has 0 aromatic carbocycles. The average molecular weight is 240 g/mol. The topological polar surface area (TPSA) is 15.3 Å². The van der Waals surface area contributed by atoms with Crippen LogP contribution < -0.4 is 5.32 Å². The van der Waals surface area contributed by atoms with E-state index in [9.17, 15) is 0 Å². The van der Waals surface area contributed by atoms with E-state index in [1.807, 2.05) is 0 Å². The Balaban J connectivity index is 2.44. The number of hydrogen-bond donors (Lipinski definition) is 1. The Hall–Kier alpha value is -0.0800. The van der Waals surface area contributed by atoms with E-state index in [0.29, 0.717) is 6.04 Å². The van der Waals surface area contributed by atoms with Gasteiger partial charge in [0.1, 0.15) is 0 Å². The number of likely N-dealkylation sites (N-methyl/N-ethyl adjacent to an activating group) is 1. The lowest BCUT2D eigenvalue weighted by Gasteiger charge is -2.35. The van der Waals surface area contributed by atoms with Crippen molar-refractivity contribution in [1.82, 2.24) is 10.2 Å². The summed E-state index contributed by atoms with van der Waals surface area (Å²) in [6.45, 7) is 15.3. The first-order valence-corrected chi connectivity index (χ1v) is 7.55. The fourth-order valence-electron chi connectivity index (χ4n) is 2.39. The van der Waals surface area contributed by atoms with Gasteiger partial charge in [-0.2, -0.15) is 0 Å². The molecule has 0 spiro atoms. The standard InChI is InChI=1S/C15H32N2/c1-6-13(5)11-17(7-2)15(12(3)4)10-16-14-8-9-14/h12-16H,6-11H2,1-5H3. The Bertz CT molecular complexity index is 199. The Kier molecular flexibility index (Phi) is 6.50. The molecule has 102 valence electrons. The Labute approximate surface area is 108 Å². The fraction of sp³-hybridized carbons (Fsp3) is 1.00. The van der Waals surface area contributed by atoms with Crippen molar-refractivity contribution < 1.29 is 0 Å². The largest absolute Gasteiger partial charge is 0.312 e. The van der Waals surface area contributed by atoms with E-state index in [0.717, 1.165) is 17.9 Å². The van der Waals surface area contributed by atoms with Crippen LogP contribution in [0, 0.1) is 11.8 Å². The molecule has 1 aliphatic carbocycles. The molecule has 2 unspecified atom stereocenters. The second-order valence-electron chi connectivity index (χ2n) is 6.09. The van der Waals surface area contributed by atoms with Gasteiger partial charge in [-0.05, 0) is 31.2 Å². The molecule has 17 heavy (non-hydrogen) atoms. The minimum absolute atomic E-state index is 0.703. The molecule has 0 aliphatic heterocycles. The molecule has 0 heterocycles. The van der Waals surface area contributed by atoms with E-state index in [4.69, 9.17) is 0 Å². The molecule has 1 rings (SSSR count). The monoisotopic (exact) mass is 240 g/mol. The maximum atomic E-state index is 3.70. The second kappa shape index (κ2) is 7.38. The van der Waals surface area contributed by atoms with Crippen LogP contribution in [0.3, 0.4) is 0 Å². The number of hydrogen-bond acceptors (Lipinski definition) is 2. The molecule has 1 saturated carbocycles. The van der Waals surface area contributed by atoms with Gasteiger partial charge >= 0.3 is 0 Å². The van der Waals surface area contributed by atoms with Crippen LogP contribution in [0.2, 0.25) is 0 Å². The maximum absolute atomic E-state index is 3.70. The lowest BCUT2D eigenvalue weighted by molar-refractivity contribution is 0.137.